The number of unbranched alkanes of at least 4 members (excludes halogenated alkanes) is 1. The molecule has 0 amide bonds. The monoisotopic (exact) mass is 369 g/mol. The Labute approximate surface area is 162 Å². The van der Waals surface area contributed by atoms with Gasteiger partial charge in [0, 0.05) is 30.9 Å². The molecule has 0 saturated carbocycles. The van der Waals surface area contributed by atoms with Gasteiger partial charge in [-0.05, 0) is 45.5 Å². The largest absolute Gasteiger partial charge is 0.506 e. The van der Waals surface area contributed by atoms with Crippen LogP contribution < -0.4 is 10.2 Å². The van der Waals surface area contributed by atoms with E-state index in [4.69, 9.17) is 4.98 Å². The Morgan fingerprint density at radius 1 is 1.26 bits per heavy atom. The second kappa shape index (κ2) is 9.04. The van der Waals surface area contributed by atoms with Crippen LogP contribution in [0.1, 0.15) is 45.1 Å². The van der Waals surface area contributed by atoms with Gasteiger partial charge < -0.3 is 20.2 Å². The van der Waals surface area contributed by atoms with E-state index in [0.717, 1.165) is 43.9 Å². The van der Waals surface area contributed by atoms with E-state index < -0.39 is 0 Å². The number of rotatable bonds is 6. The standard InChI is InChI=1S/C21H31N5O/c1-4-5-9-16(2)26-13-8-12-25(3)15-17-14-22-21(24-20(17)26)23-18-10-6-7-11-19(18)27/h6-7,10-11,14,16,27H,4-5,8-9,12-13,15H2,1-3H3,(H,22,23,24). The fraction of sp³-hybridized carbons (Fsp3) is 0.524. The van der Waals surface area contributed by atoms with Crippen molar-refractivity contribution >= 4 is 17.5 Å². The lowest BCUT2D eigenvalue weighted by molar-refractivity contribution is 0.313. The van der Waals surface area contributed by atoms with Crippen LogP contribution in [0, 0.1) is 0 Å². The predicted molar refractivity (Wildman–Crippen MR) is 111 cm³/mol. The Hall–Kier alpha value is -2.34. The summed E-state index contributed by atoms with van der Waals surface area (Å²) in [5, 5.41) is 13.2. The van der Waals surface area contributed by atoms with Crippen molar-refractivity contribution in [1.82, 2.24) is 14.9 Å². The van der Waals surface area contributed by atoms with Gasteiger partial charge in [0.25, 0.3) is 0 Å². The van der Waals surface area contributed by atoms with Gasteiger partial charge in [0.05, 0.1) is 5.69 Å². The van der Waals surface area contributed by atoms with Gasteiger partial charge in [0.15, 0.2) is 0 Å². The van der Waals surface area contributed by atoms with E-state index in [9.17, 15) is 5.11 Å². The molecule has 1 atom stereocenters. The van der Waals surface area contributed by atoms with Crippen LogP contribution >= 0.6 is 0 Å². The molecule has 0 radical (unpaired) electrons. The lowest BCUT2D eigenvalue weighted by atomic mass is 10.1. The molecule has 0 fully saturated rings. The molecule has 2 N–H and O–H groups in total. The van der Waals surface area contributed by atoms with Crippen LogP contribution in [-0.4, -0.2) is 46.2 Å². The van der Waals surface area contributed by atoms with E-state index in [2.05, 4.69) is 41.0 Å². The lowest BCUT2D eigenvalue weighted by Gasteiger charge is -2.35. The van der Waals surface area contributed by atoms with Crippen molar-refractivity contribution < 1.29 is 5.11 Å². The molecular weight excluding hydrogens is 338 g/mol. The molecule has 1 aliphatic heterocycles. The smallest absolute Gasteiger partial charge is 0.229 e. The predicted octanol–water partition coefficient (Wildman–Crippen LogP) is 4.15. The first-order valence-corrected chi connectivity index (χ1v) is 9.94. The van der Waals surface area contributed by atoms with E-state index in [1.165, 1.54) is 12.8 Å². The number of hydrogen-bond acceptors (Lipinski definition) is 6. The molecule has 0 aliphatic carbocycles. The molecule has 6 heteroatoms. The Balaban J connectivity index is 1.92. The summed E-state index contributed by atoms with van der Waals surface area (Å²) in [5.41, 5.74) is 1.77. The molecule has 3 rings (SSSR count). The van der Waals surface area contributed by atoms with Gasteiger partial charge in [-0.1, -0.05) is 31.9 Å². The molecule has 6 nitrogen and oxygen atoms in total. The van der Waals surface area contributed by atoms with Gasteiger partial charge in [-0.3, -0.25) is 0 Å². The highest BCUT2D eigenvalue weighted by Crippen LogP contribution is 2.29. The third kappa shape index (κ3) is 4.89. The molecule has 2 heterocycles. The minimum atomic E-state index is 0.195. The number of phenolic OH excluding ortho intramolecular Hbond substituents is 1. The van der Waals surface area contributed by atoms with Crippen LogP contribution in [0.3, 0.4) is 0 Å². The summed E-state index contributed by atoms with van der Waals surface area (Å²) in [5.74, 6) is 1.73. The number of nitrogens with one attached hydrogen (secondary N) is 1. The molecule has 0 spiro atoms. The maximum Gasteiger partial charge on any atom is 0.229 e. The minimum Gasteiger partial charge on any atom is -0.506 e. The number of para-hydroxylation sites is 2. The average molecular weight is 370 g/mol. The van der Waals surface area contributed by atoms with Gasteiger partial charge in [0.2, 0.25) is 5.95 Å². The summed E-state index contributed by atoms with van der Waals surface area (Å²) in [6, 6.07) is 7.60. The third-order valence-corrected chi connectivity index (χ3v) is 5.15. The maximum absolute atomic E-state index is 10.0. The van der Waals surface area contributed by atoms with Crippen LogP contribution in [0.5, 0.6) is 5.75 Å². The number of aromatic hydroxyl groups is 1. The second-order valence-electron chi connectivity index (χ2n) is 7.46. The van der Waals surface area contributed by atoms with E-state index in [-0.39, 0.29) is 5.75 Å². The highest BCUT2D eigenvalue weighted by molar-refractivity contribution is 5.63. The maximum atomic E-state index is 10.0. The van der Waals surface area contributed by atoms with Crippen LogP contribution in [-0.2, 0) is 6.54 Å². The van der Waals surface area contributed by atoms with Gasteiger partial charge in [-0.15, -0.1) is 0 Å². The number of hydrogen-bond donors (Lipinski definition) is 2. The number of fused-ring (bicyclic) bond motifs is 1. The topological polar surface area (TPSA) is 64.5 Å². The number of benzene rings is 1. The van der Waals surface area contributed by atoms with Crippen molar-refractivity contribution in [2.75, 3.05) is 30.4 Å². The lowest BCUT2D eigenvalue weighted by Crippen LogP contribution is -2.39. The van der Waals surface area contributed by atoms with Crippen molar-refractivity contribution in [1.29, 1.82) is 0 Å². The SMILES string of the molecule is CCCCC(C)N1CCCN(C)Cc2cnc(Nc3ccccc3O)nc21. The van der Waals surface area contributed by atoms with Gasteiger partial charge in [-0.2, -0.15) is 4.98 Å². The Morgan fingerprint density at radius 3 is 2.85 bits per heavy atom. The summed E-state index contributed by atoms with van der Waals surface area (Å²) < 4.78 is 0. The number of anilines is 3. The van der Waals surface area contributed by atoms with Crippen molar-refractivity contribution in [2.24, 2.45) is 0 Å². The molecule has 2 aromatic rings. The summed E-state index contributed by atoms with van der Waals surface area (Å²) >= 11 is 0. The first-order valence-electron chi connectivity index (χ1n) is 9.94. The first kappa shape index (κ1) is 19.4. The minimum absolute atomic E-state index is 0.195. The van der Waals surface area contributed by atoms with Gasteiger partial charge in [-0.25, -0.2) is 4.98 Å². The number of phenols is 1. The van der Waals surface area contributed by atoms with Crippen LogP contribution in [0.2, 0.25) is 0 Å². The Bertz CT molecular complexity index is 751. The Morgan fingerprint density at radius 2 is 2.07 bits per heavy atom. The highest BCUT2D eigenvalue weighted by Gasteiger charge is 2.23. The van der Waals surface area contributed by atoms with Crippen LogP contribution in [0.4, 0.5) is 17.5 Å². The summed E-state index contributed by atoms with van der Waals surface area (Å²) in [6.07, 6.45) is 6.64. The summed E-state index contributed by atoms with van der Waals surface area (Å²) in [6.45, 7) is 7.45. The molecule has 0 bridgehead atoms. The van der Waals surface area contributed by atoms with Gasteiger partial charge in [0.1, 0.15) is 11.6 Å². The third-order valence-electron chi connectivity index (χ3n) is 5.15. The van der Waals surface area contributed by atoms with Crippen molar-refractivity contribution in [3.8, 4) is 5.75 Å². The van der Waals surface area contributed by atoms with E-state index in [1.807, 2.05) is 18.3 Å². The van der Waals surface area contributed by atoms with Gasteiger partial charge >= 0.3 is 0 Å². The quantitative estimate of drug-likeness (QED) is 0.746. The van der Waals surface area contributed by atoms with Crippen LogP contribution in [0.25, 0.3) is 0 Å². The number of aromatic nitrogens is 2. The normalized spacial score (nSPS) is 16.3. The molecular formula is C21H31N5O. The molecule has 146 valence electrons. The first-order chi connectivity index (χ1) is 13.1. The molecule has 0 saturated heterocycles. The molecule has 1 unspecified atom stereocenters. The van der Waals surface area contributed by atoms with Crippen molar-refractivity contribution in [3.63, 3.8) is 0 Å². The fourth-order valence-electron chi connectivity index (χ4n) is 3.59. The summed E-state index contributed by atoms with van der Waals surface area (Å²) in [4.78, 5) is 14.1. The fourth-order valence-corrected chi connectivity index (χ4v) is 3.59. The summed E-state index contributed by atoms with van der Waals surface area (Å²) in [7, 11) is 2.15. The zero-order chi connectivity index (χ0) is 19.2. The van der Waals surface area contributed by atoms with E-state index >= 15 is 0 Å². The second-order valence-corrected chi connectivity index (χ2v) is 7.46. The average Bonchev–Trinajstić information content (AvgIpc) is 2.65. The molecule has 1 aromatic carbocycles. The zero-order valence-electron chi connectivity index (χ0n) is 16.6. The van der Waals surface area contributed by atoms with E-state index in [0.29, 0.717) is 17.7 Å². The zero-order valence-corrected chi connectivity index (χ0v) is 16.6. The molecule has 27 heavy (non-hydrogen) atoms. The highest BCUT2D eigenvalue weighted by atomic mass is 16.3. The van der Waals surface area contributed by atoms with E-state index in [1.54, 1.807) is 12.1 Å². The number of nitrogens with zero attached hydrogens (tertiary/aromatic N) is 4. The molecule has 1 aliphatic rings. The van der Waals surface area contributed by atoms with Crippen molar-refractivity contribution in [3.05, 3.63) is 36.0 Å². The Kier molecular flexibility index (Phi) is 6.50. The molecule has 1 aromatic heterocycles. The van der Waals surface area contributed by atoms with Crippen LogP contribution in [0.15, 0.2) is 30.5 Å². The van der Waals surface area contributed by atoms with Crippen molar-refractivity contribution in [2.45, 2.75) is 52.1 Å².